The molecule has 94 valence electrons. The summed E-state index contributed by atoms with van der Waals surface area (Å²) in [5.74, 6) is -1.56. The predicted octanol–water partition coefficient (Wildman–Crippen LogP) is 1.35. The van der Waals surface area contributed by atoms with E-state index in [0.717, 1.165) is 6.92 Å². The average molecular weight is 241 g/mol. The lowest BCUT2D eigenvalue weighted by Gasteiger charge is -2.27. The number of ether oxygens (including phenoxy) is 1. The normalized spacial score (nSPS) is 11.4. The Kier molecular flexibility index (Phi) is 5.26. The molecule has 16 heavy (non-hydrogen) atoms. The zero-order valence-electron chi connectivity index (χ0n) is 9.30. The number of amides is 1. The second-order valence-corrected chi connectivity index (χ2v) is 3.51. The van der Waals surface area contributed by atoms with Crippen molar-refractivity contribution in [3.05, 3.63) is 0 Å². The lowest BCUT2D eigenvalue weighted by Crippen LogP contribution is -2.45. The molecule has 0 aromatic heterocycles. The molecule has 0 heterocycles. The van der Waals surface area contributed by atoms with Gasteiger partial charge in [0, 0.05) is 13.0 Å². The third kappa shape index (κ3) is 6.26. The summed E-state index contributed by atoms with van der Waals surface area (Å²) < 4.78 is 40.7. The number of esters is 1. The van der Waals surface area contributed by atoms with E-state index in [2.05, 4.69) is 4.74 Å². The number of carbonyl (C=O) groups is 2. The first-order valence-electron chi connectivity index (χ1n) is 4.63. The molecule has 0 spiro atoms. The highest BCUT2D eigenvalue weighted by Gasteiger charge is 2.34. The first-order valence-corrected chi connectivity index (χ1v) is 4.63. The maximum Gasteiger partial charge on any atom is 0.406 e. The van der Waals surface area contributed by atoms with Crippen LogP contribution in [0, 0.1) is 0 Å². The Balaban J connectivity index is 4.42. The molecular weight excluding hydrogens is 227 g/mol. The lowest BCUT2D eigenvalue weighted by molar-refractivity contribution is -0.169. The summed E-state index contributed by atoms with van der Waals surface area (Å²) in [4.78, 5) is 22.3. The summed E-state index contributed by atoms with van der Waals surface area (Å²) in [6.45, 7) is 1.99. The molecule has 0 aliphatic carbocycles. The van der Waals surface area contributed by atoms with Crippen LogP contribution in [0.1, 0.15) is 20.8 Å². The fourth-order valence-corrected chi connectivity index (χ4v) is 0.998. The van der Waals surface area contributed by atoms with Gasteiger partial charge in [-0.05, 0) is 13.8 Å². The molecule has 0 atom stereocenters. The van der Waals surface area contributed by atoms with Gasteiger partial charge in [0.1, 0.15) is 6.54 Å². The van der Waals surface area contributed by atoms with Crippen molar-refractivity contribution >= 4 is 11.9 Å². The van der Waals surface area contributed by atoms with E-state index in [0.29, 0.717) is 4.90 Å². The highest BCUT2D eigenvalue weighted by Crippen LogP contribution is 2.18. The second-order valence-electron chi connectivity index (χ2n) is 3.51. The van der Waals surface area contributed by atoms with E-state index >= 15 is 0 Å². The smallest absolute Gasteiger partial charge is 0.406 e. The molecule has 0 aromatic carbocycles. The van der Waals surface area contributed by atoms with Gasteiger partial charge >= 0.3 is 12.1 Å². The summed E-state index contributed by atoms with van der Waals surface area (Å²) in [5.41, 5.74) is 0. The van der Waals surface area contributed by atoms with Gasteiger partial charge in [-0.15, -0.1) is 0 Å². The van der Waals surface area contributed by atoms with Crippen LogP contribution in [0.15, 0.2) is 0 Å². The molecule has 0 bridgehead atoms. The Bertz CT molecular complexity index is 263. The molecule has 0 unspecified atom stereocenters. The number of rotatable bonds is 4. The molecule has 0 rings (SSSR count). The van der Waals surface area contributed by atoms with Crippen molar-refractivity contribution in [1.82, 2.24) is 4.90 Å². The molecule has 0 radical (unpaired) electrons. The van der Waals surface area contributed by atoms with Gasteiger partial charge in [-0.25, -0.2) is 0 Å². The summed E-state index contributed by atoms with van der Waals surface area (Å²) >= 11 is 0. The average Bonchev–Trinajstić information content (AvgIpc) is 2.08. The van der Waals surface area contributed by atoms with Crippen LogP contribution in [0.3, 0.4) is 0 Å². The van der Waals surface area contributed by atoms with Crippen LogP contribution in [0.2, 0.25) is 0 Å². The second kappa shape index (κ2) is 5.72. The van der Waals surface area contributed by atoms with Crippen LogP contribution < -0.4 is 0 Å². The van der Waals surface area contributed by atoms with E-state index in [4.69, 9.17) is 0 Å². The van der Waals surface area contributed by atoms with Crippen LogP contribution >= 0.6 is 0 Å². The summed E-state index contributed by atoms with van der Waals surface area (Å²) in [7, 11) is 0. The highest BCUT2D eigenvalue weighted by molar-refractivity contribution is 5.80. The minimum Gasteiger partial charge on any atom is -0.456 e. The number of nitrogens with zero attached hydrogens (tertiary/aromatic N) is 1. The quantitative estimate of drug-likeness (QED) is 0.698. The fraction of sp³-hybridized carbons (Fsp3) is 0.778. The number of halogens is 3. The summed E-state index contributed by atoms with van der Waals surface area (Å²) in [5, 5.41) is 0. The minimum atomic E-state index is -4.46. The zero-order valence-corrected chi connectivity index (χ0v) is 9.30. The molecule has 4 nitrogen and oxygen atoms in total. The Morgan fingerprint density at radius 1 is 1.31 bits per heavy atom. The van der Waals surface area contributed by atoms with Gasteiger partial charge in [0.2, 0.25) is 0 Å². The van der Waals surface area contributed by atoms with Gasteiger partial charge in [0.25, 0.3) is 5.91 Å². The van der Waals surface area contributed by atoms with E-state index in [9.17, 15) is 22.8 Å². The minimum absolute atomic E-state index is 0.607. The van der Waals surface area contributed by atoms with Crippen molar-refractivity contribution in [3.63, 3.8) is 0 Å². The van der Waals surface area contributed by atoms with Crippen LogP contribution in [-0.2, 0) is 14.3 Å². The highest BCUT2D eigenvalue weighted by atomic mass is 19.4. The Morgan fingerprint density at radius 3 is 2.12 bits per heavy atom. The van der Waals surface area contributed by atoms with E-state index in [1.807, 2.05) is 0 Å². The fourth-order valence-electron chi connectivity index (χ4n) is 0.998. The number of hydrogen-bond donors (Lipinski definition) is 0. The van der Waals surface area contributed by atoms with E-state index < -0.39 is 37.2 Å². The molecule has 7 heteroatoms. The summed E-state index contributed by atoms with van der Waals surface area (Å²) in [6.07, 6.45) is -4.46. The Labute approximate surface area is 91.4 Å². The predicted molar refractivity (Wildman–Crippen MR) is 49.5 cm³/mol. The van der Waals surface area contributed by atoms with Gasteiger partial charge in [-0.3, -0.25) is 9.59 Å². The number of alkyl halides is 3. The maximum absolute atomic E-state index is 12.1. The first-order chi connectivity index (χ1) is 7.13. The van der Waals surface area contributed by atoms with Crippen LogP contribution in [0.5, 0.6) is 0 Å². The number of carbonyl (C=O) groups excluding carboxylic acids is 2. The Morgan fingerprint density at radius 2 is 1.81 bits per heavy atom. The van der Waals surface area contributed by atoms with Crippen LogP contribution in [0.4, 0.5) is 13.2 Å². The molecule has 0 saturated heterocycles. The van der Waals surface area contributed by atoms with Crippen molar-refractivity contribution in [2.45, 2.75) is 33.0 Å². The molecule has 0 N–H and O–H groups in total. The van der Waals surface area contributed by atoms with Crippen molar-refractivity contribution in [1.29, 1.82) is 0 Å². The standard InChI is InChI=1S/C9H14F3NO3/c1-6(2)13(5-9(10,11)12)8(15)4-16-7(3)14/h6H,4-5H2,1-3H3. The SMILES string of the molecule is CC(=O)OCC(=O)N(CC(F)(F)F)C(C)C. The van der Waals surface area contributed by atoms with Gasteiger partial charge in [-0.1, -0.05) is 0 Å². The molecule has 0 aromatic rings. The monoisotopic (exact) mass is 241 g/mol. The van der Waals surface area contributed by atoms with Gasteiger partial charge in [-0.2, -0.15) is 13.2 Å². The van der Waals surface area contributed by atoms with Crippen molar-refractivity contribution in [3.8, 4) is 0 Å². The third-order valence-corrected chi connectivity index (χ3v) is 1.69. The molecule has 0 aliphatic rings. The van der Waals surface area contributed by atoms with E-state index in [1.54, 1.807) is 0 Å². The zero-order chi connectivity index (χ0) is 12.9. The van der Waals surface area contributed by atoms with Crippen LogP contribution in [0.25, 0.3) is 0 Å². The third-order valence-electron chi connectivity index (χ3n) is 1.69. The van der Waals surface area contributed by atoms with Crippen molar-refractivity contribution < 1.29 is 27.5 Å². The molecule has 0 saturated carbocycles. The topological polar surface area (TPSA) is 46.6 Å². The summed E-state index contributed by atoms with van der Waals surface area (Å²) in [6, 6.07) is -0.607. The molecular formula is C9H14F3NO3. The lowest BCUT2D eigenvalue weighted by atomic mass is 10.3. The van der Waals surface area contributed by atoms with Gasteiger partial charge in [0.15, 0.2) is 6.61 Å². The van der Waals surface area contributed by atoms with Crippen molar-refractivity contribution in [2.24, 2.45) is 0 Å². The van der Waals surface area contributed by atoms with Crippen molar-refractivity contribution in [2.75, 3.05) is 13.2 Å². The molecule has 1 amide bonds. The molecule has 0 aliphatic heterocycles. The van der Waals surface area contributed by atoms with E-state index in [1.165, 1.54) is 13.8 Å². The van der Waals surface area contributed by atoms with Gasteiger partial charge < -0.3 is 9.64 Å². The largest absolute Gasteiger partial charge is 0.456 e. The maximum atomic E-state index is 12.1. The number of hydrogen-bond acceptors (Lipinski definition) is 3. The first kappa shape index (κ1) is 14.7. The van der Waals surface area contributed by atoms with Crippen LogP contribution in [-0.4, -0.2) is 42.1 Å². The van der Waals surface area contributed by atoms with Gasteiger partial charge in [0.05, 0.1) is 0 Å². The Hall–Kier alpha value is -1.27. The molecule has 0 fully saturated rings. The van der Waals surface area contributed by atoms with E-state index in [-0.39, 0.29) is 0 Å².